The van der Waals surface area contributed by atoms with E-state index >= 15 is 0 Å². The molecule has 5 heteroatoms. The van der Waals surface area contributed by atoms with E-state index in [1.807, 2.05) is 32.0 Å². The Kier molecular flexibility index (Phi) is 7.79. The maximum Gasteiger partial charge on any atom is 0.191 e. The minimum atomic E-state index is 0.566. The number of guanidine groups is 1. The second-order valence-corrected chi connectivity index (χ2v) is 4.28. The van der Waals surface area contributed by atoms with Gasteiger partial charge < -0.3 is 20.1 Å². The van der Waals surface area contributed by atoms with Crippen molar-refractivity contribution >= 4 is 5.96 Å². The fourth-order valence-electron chi connectivity index (χ4n) is 1.77. The van der Waals surface area contributed by atoms with Crippen LogP contribution < -0.4 is 20.1 Å². The van der Waals surface area contributed by atoms with E-state index in [2.05, 4.69) is 22.2 Å². The van der Waals surface area contributed by atoms with E-state index in [1.165, 1.54) is 0 Å². The van der Waals surface area contributed by atoms with Crippen molar-refractivity contribution in [1.29, 1.82) is 0 Å². The number of methoxy groups -OCH3 is 1. The molecule has 2 N–H and O–H groups in total. The Balaban J connectivity index is 2.80. The fraction of sp³-hybridized carbons (Fsp3) is 0.438. The van der Waals surface area contributed by atoms with Crippen molar-refractivity contribution in [2.75, 3.05) is 26.8 Å². The number of benzene rings is 1. The molecule has 0 spiro atoms. The molecular weight excluding hydrogens is 266 g/mol. The molecule has 0 unspecified atom stereocenters. The van der Waals surface area contributed by atoms with Crippen molar-refractivity contribution in [2.45, 2.75) is 20.4 Å². The van der Waals surface area contributed by atoms with Crippen LogP contribution in [-0.4, -0.2) is 32.8 Å². The number of aliphatic imine (C=N–C) groups is 1. The molecule has 0 aliphatic rings. The number of rotatable bonds is 8. The molecule has 1 rings (SSSR count). The molecule has 0 fully saturated rings. The maximum absolute atomic E-state index is 5.57. The molecule has 21 heavy (non-hydrogen) atoms. The van der Waals surface area contributed by atoms with Crippen LogP contribution in [0.5, 0.6) is 11.5 Å². The van der Waals surface area contributed by atoms with Crippen LogP contribution in [-0.2, 0) is 6.54 Å². The summed E-state index contributed by atoms with van der Waals surface area (Å²) in [6.45, 7) is 10.3. The quantitative estimate of drug-likeness (QED) is 0.438. The highest BCUT2D eigenvalue weighted by atomic mass is 16.5. The van der Waals surface area contributed by atoms with Gasteiger partial charge in [0.05, 0.1) is 20.3 Å². The largest absolute Gasteiger partial charge is 0.493 e. The monoisotopic (exact) mass is 291 g/mol. The number of hydrogen-bond donors (Lipinski definition) is 2. The van der Waals surface area contributed by atoms with Crippen LogP contribution in [0.3, 0.4) is 0 Å². The summed E-state index contributed by atoms with van der Waals surface area (Å²) >= 11 is 0. The minimum Gasteiger partial charge on any atom is -0.493 e. The fourth-order valence-corrected chi connectivity index (χ4v) is 1.77. The van der Waals surface area contributed by atoms with Gasteiger partial charge in [-0.25, -0.2) is 4.99 Å². The van der Waals surface area contributed by atoms with Crippen LogP contribution in [0, 0.1) is 0 Å². The summed E-state index contributed by atoms with van der Waals surface area (Å²) < 4.78 is 10.8. The summed E-state index contributed by atoms with van der Waals surface area (Å²) in [6.07, 6.45) is 1.80. The topological polar surface area (TPSA) is 54.9 Å². The molecule has 0 bridgehead atoms. The van der Waals surface area contributed by atoms with Gasteiger partial charge in [0.2, 0.25) is 0 Å². The summed E-state index contributed by atoms with van der Waals surface area (Å²) in [5.41, 5.74) is 1.06. The lowest BCUT2D eigenvalue weighted by molar-refractivity contribution is 0.310. The van der Waals surface area contributed by atoms with Crippen LogP contribution >= 0.6 is 0 Å². The third-order valence-electron chi connectivity index (χ3n) is 2.71. The summed E-state index contributed by atoms with van der Waals surface area (Å²) in [5.74, 6) is 2.25. The molecule has 116 valence electrons. The van der Waals surface area contributed by atoms with E-state index in [0.29, 0.717) is 19.7 Å². The van der Waals surface area contributed by atoms with E-state index in [0.717, 1.165) is 29.6 Å². The van der Waals surface area contributed by atoms with Crippen LogP contribution in [0.15, 0.2) is 35.8 Å². The highest BCUT2D eigenvalue weighted by molar-refractivity contribution is 5.79. The SMILES string of the molecule is C=CCNC(=NCc1ccc(OC)c(OCC)c1)NCC. The highest BCUT2D eigenvalue weighted by Gasteiger charge is 2.05. The van der Waals surface area contributed by atoms with Crippen molar-refractivity contribution in [3.05, 3.63) is 36.4 Å². The molecule has 5 nitrogen and oxygen atoms in total. The molecule has 0 atom stereocenters. The molecule has 0 aliphatic carbocycles. The smallest absolute Gasteiger partial charge is 0.191 e. The first-order chi connectivity index (χ1) is 10.2. The van der Waals surface area contributed by atoms with Gasteiger partial charge in [-0.1, -0.05) is 12.1 Å². The first-order valence-electron chi connectivity index (χ1n) is 7.17. The van der Waals surface area contributed by atoms with Gasteiger partial charge in [-0.15, -0.1) is 6.58 Å². The zero-order valence-corrected chi connectivity index (χ0v) is 13.1. The lowest BCUT2D eigenvalue weighted by Crippen LogP contribution is -2.37. The zero-order chi connectivity index (χ0) is 15.5. The van der Waals surface area contributed by atoms with Crippen LogP contribution in [0.1, 0.15) is 19.4 Å². The van der Waals surface area contributed by atoms with Gasteiger partial charge in [-0.05, 0) is 31.5 Å². The van der Waals surface area contributed by atoms with Gasteiger partial charge >= 0.3 is 0 Å². The molecule has 0 saturated heterocycles. The summed E-state index contributed by atoms with van der Waals surface area (Å²) in [4.78, 5) is 4.53. The number of nitrogens with zero attached hydrogens (tertiary/aromatic N) is 1. The Hall–Kier alpha value is -2.17. The average molecular weight is 291 g/mol. The maximum atomic E-state index is 5.57. The lowest BCUT2D eigenvalue weighted by atomic mass is 10.2. The third-order valence-corrected chi connectivity index (χ3v) is 2.71. The van der Waals surface area contributed by atoms with Crippen molar-refractivity contribution in [3.63, 3.8) is 0 Å². The van der Waals surface area contributed by atoms with Gasteiger partial charge in [0.15, 0.2) is 17.5 Å². The van der Waals surface area contributed by atoms with E-state index in [9.17, 15) is 0 Å². The molecule has 1 aromatic rings. The highest BCUT2D eigenvalue weighted by Crippen LogP contribution is 2.28. The molecule has 0 radical (unpaired) electrons. The zero-order valence-electron chi connectivity index (χ0n) is 13.1. The summed E-state index contributed by atoms with van der Waals surface area (Å²) in [5, 5.41) is 6.35. The van der Waals surface area contributed by atoms with E-state index in [4.69, 9.17) is 9.47 Å². The van der Waals surface area contributed by atoms with E-state index in [1.54, 1.807) is 13.2 Å². The predicted octanol–water partition coefficient (Wildman–Crippen LogP) is 2.33. The van der Waals surface area contributed by atoms with Gasteiger partial charge in [0.1, 0.15) is 0 Å². The van der Waals surface area contributed by atoms with Crippen molar-refractivity contribution in [3.8, 4) is 11.5 Å². The summed E-state index contributed by atoms with van der Waals surface area (Å²) in [6, 6.07) is 5.85. The van der Waals surface area contributed by atoms with Crippen molar-refractivity contribution < 1.29 is 9.47 Å². The van der Waals surface area contributed by atoms with Gasteiger partial charge in [0, 0.05) is 13.1 Å². The summed E-state index contributed by atoms with van der Waals surface area (Å²) in [7, 11) is 1.64. The molecule has 0 amide bonds. The average Bonchev–Trinajstić information content (AvgIpc) is 2.50. The van der Waals surface area contributed by atoms with E-state index in [-0.39, 0.29) is 0 Å². The third kappa shape index (κ3) is 5.77. The van der Waals surface area contributed by atoms with Crippen molar-refractivity contribution in [1.82, 2.24) is 10.6 Å². The van der Waals surface area contributed by atoms with Gasteiger partial charge in [0.25, 0.3) is 0 Å². The van der Waals surface area contributed by atoms with Gasteiger partial charge in [-0.3, -0.25) is 0 Å². The minimum absolute atomic E-state index is 0.566. The van der Waals surface area contributed by atoms with Crippen molar-refractivity contribution in [2.24, 2.45) is 4.99 Å². The number of nitrogens with one attached hydrogen (secondary N) is 2. The van der Waals surface area contributed by atoms with E-state index < -0.39 is 0 Å². The lowest BCUT2D eigenvalue weighted by Gasteiger charge is -2.12. The Morgan fingerprint density at radius 1 is 1.29 bits per heavy atom. The number of ether oxygens (including phenoxy) is 2. The normalized spacial score (nSPS) is 10.9. The molecular formula is C16H25N3O2. The molecule has 0 aliphatic heterocycles. The Morgan fingerprint density at radius 2 is 2.10 bits per heavy atom. The first-order valence-corrected chi connectivity index (χ1v) is 7.17. The Labute approximate surface area is 127 Å². The van der Waals surface area contributed by atoms with Gasteiger partial charge in [-0.2, -0.15) is 0 Å². The van der Waals surface area contributed by atoms with Crippen LogP contribution in [0.2, 0.25) is 0 Å². The molecule has 1 aromatic carbocycles. The standard InChI is InChI=1S/C16H25N3O2/c1-5-10-18-16(17-6-2)19-12-13-8-9-14(20-4)15(11-13)21-7-3/h5,8-9,11H,1,6-7,10,12H2,2-4H3,(H2,17,18,19). The predicted molar refractivity (Wildman–Crippen MR) is 87.2 cm³/mol. The Bertz CT molecular complexity index is 473. The molecule has 0 aromatic heterocycles. The Morgan fingerprint density at radius 3 is 2.71 bits per heavy atom. The molecule has 0 heterocycles. The first kappa shape index (κ1) is 16.9. The second kappa shape index (κ2) is 9.69. The number of hydrogen-bond acceptors (Lipinski definition) is 3. The second-order valence-electron chi connectivity index (χ2n) is 4.28. The van der Waals surface area contributed by atoms with Crippen LogP contribution in [0.25, 0.3) is 0 Å². The molecule has 0 saturated carbocycles. The van der Waals surface area contributed by atoms with Crippen LogP contribution in [0.4, 0.5) is 0 Å².